The fraction of sp³-hybridized carbons (Fsp3) is 0.375. The molecule has 0 aliphatic heterocycles. The van der Waals surface area contributed by atoms with Crippen LogP contribution in [0, 0.1) is 0 Å². The minimum absolute atomic E-state index is 0.0778. The number of aliphatic hydroxyl groups is 1. The topological polar surface area (TPSA) is 49.3 Å². The zero-order valence-corrected chi connectivity index (χ0v) is 6.42. The Bertz CT molecular complexity index is 154. The second kappa shape index (κ2) is 5.68. The molecular formula is C8H13NO2. The van der Waals surface area contributed by atoms with Crippen LogP contribution in [0.15, 0.2) is 25.3 Å². The van der Waals surface area contributed by atoms with Crippen molar-refractivity contribution < 1.29 is 9.90 Å². The van der Waals surface area contributed by atoms with E-state index in [2.05, 4.69) is 18.5 Å². The Balaban J connectivity index is 3.75. The summed E-state index contributed by atoms with van der Waals surface area (Å²) in [5, 5.41) is 11.2. The zero-order chi connectivity index (χ0) is 8.69. The van der Waals surface area contributed by atoms with Gasteiger partial charge in [0.25, 0.3) is 0 Å². The highest BCUT2D eigenvalue weighted by Crippen LogP contribution is 1.90. The first kappa shape index (κ1) is 9.91. The Morgan fingerprint density at radius 2 is 2.27 bits per heavy atom. The monoisotopic (exact) mass is 155 g/mol. The second-order valence-electron chi connectivity index (χ2n) is 2.12. The van der Waals surface area contributed by atoms with Crippen molar-refractivity contribution in [2.24, 2.45) is 0 Å². The van der Waals surface area contributed by atoms with Crippen LogP contribution in [0.25, 0.3) is 0 Å². The number of hydrogen-bond acceptors (Lipinski definition) is 2. The van der Waals surface area contributed by atoms with Crippen LogP contribution in [-0.4, -0.2) is 23.7 Å². The Morgan fingerprint density at radius 1 is 1.64 bits per heavy atom. The lowest BCUT2D eigenvalue weighted by atomic mass is 10.2. The van der Waals surface area contributed by atoms with Crippen LogP contribution >= 0.6 is 0 Å². The van der Waals surface area contributed by atoms with E-state index in [4.69, 9.17) is 5.11 Å². The summed E-state index contributed by atoms with van der Waals surface area (Å²) in [4.78, 5) is 10.7. The minimum atomic E-state index is -0.272. The van der Waals surface area contributed by atoms with E-state index in [1.807, 2.05) is 0 Å². The van der Waals surface area contributed by atoms with E-state index >= 15 is 0 Å². The molecule has 1 amide bonds. The van der Waals surface area contributed by atoms with E-state index in [-0.39, 0.29) is 18.6 Å². The Kier molecular flexibility index (Phi) is 5.11. The maximum Gasteiger partial charge on any atom is 0.243 e. The van der Waals surface area contributed by atoms with Crippen LogP contribution in [0.2, 0.25) is 0 Å². The van der Waals surface area contributed by atoms with E-state index < -0.39 is 0 Å². The van der Waals surface area contributed by atoms with Gasteiger partial charge in [-0.2, -0.15) is 0 Å². The van der Waals surface area contributed by atoms with Crippen molar-refractivity contribution in [3.63, 3.8) is 0 Å². The van der Waals surface area contributed by atoms with E-state index in [9.17, 15) is 4.79 Å². The number of hydrogen-bond donors (Lipinski definition) is 2. The summed E-state index contributed by atoms with van der Waals surface area (Å²) in [5.41, 5.74) is 0. The smallest absolute Gasteiger partial charge is 0.243 e. The molecule has 0 bridgehead atoms. The highest BCUT2D eigenvalue weighted by molar-refractivity contribution is 5.87. The fourth-order valence-electron chi connectivity index (χ4n) is 0.640. The first-order valence-corrected chi connectivity index (χ1v) is 3.39. The molecule has 3 heteroatoms. The van der Waals surface area contributed by atoms with E-state index in [0.29, 0.717) is 6.42 Å². The van der Waals surface area contributed by atoms with Gasteiger partial charge in [0.2, 0.25) is 5.91 Å². The molecule has 11 heavy (non-hydrogen) atoms. The summed E-state index contributed by atoms with van der Waals surface area (Å²) in [6.45, 7) is 6.70. The first-order chi connectivity index (χ1) is 5.24. The molecule has 2 N–H and O–H groups in total. The van der Waals surface area contributed by atoms with Gasteiger partial charge in [-0.15, -0.1) is 6.58 Å². The Labute approximate surface area is 66.4 Å². The second-order valence-corrected chi connectivity index (χ2v) is 2.12. The summed E-state index contributed by atoms with van der Waals surface area (Å²) >= 11 is 0. The molecule has 0 aliphatic carbocycles. The molecular weight excluding hydrogens is 142 g/mol. The van der Waals surface area contributed by atoms with Gasteiger partial charge in [-0.3, -0.25) is 4.79 Å². The fourth-order valence-corrected chi connectivity index (χ4v) is 0.640. The van der Waals surface area contributed by atoms with Gasteiger partial charge in [0.1, 0.15) is 0 Å². The van der Waals surface area contributed by atoms with Crippen LogP contribution in [0.4, 0.5) is 0 Å². The molecule has 0 saturated heterocycles. The maximum atomic E-state index is 10.7. The molecule has 0 heterocycles. The average Bonchev–Trinajstić information content (AvgIpc) is 2.03. The van der Waals surface area contributed by atoms with Crippen molar-refractivity contribution in [3.8, 4) is 0 Å². The molecule has 0 aliphatic rings. The standard InChI is InChI=1S/C8H13NO2/c1-3-5-7(6-10)9-8(11)4-2/h3-4,7,10H,1-2,5-6H2,(H,9,11). The molecule has 0 aromatic heterocycles. The van der Waals surface area contributed by atoms with Crippen molar-refractivity contribution in [2.45, 2.75) is 12.5 Å². The summed E-state index contributed by atoms with van der Waals surface area (Å²) < 4.78 is 0. The molecule has 62 valence electrons. The van der Waals surface area contributed by atoms with Gasteiger partial charge in [0.15, 0.2) is 0 Å². The van der Waals surface area contributed by atoms with Crippen molar-refractivity contribution >= 4 is 5.91 Å². The predicted octanol–water partition coefficient (Wildman–Crippen LogP) is 0.226. The van der Waals surface area contributed by atoms with Crippen LogP contribution < -0.4 is 5.32 Å². The predicted molar refractivity (Wildman–Crippen MR) is 44.0 cm³/mol. The zero-order valence-electron chi connectivity index (χ0n) is 6.42. The SMILES string of the molecule is C=CCC(CO)NC(=O)C=C. The Morgan fingerprint density at radius 3 is 2.64 bits per heavy atom. The van der Waals surface area contributed by atoms with Gasteiger partial charge in [-0.1, -0.05) is 12.7 Å². The number of amides is 1. The van der Waals surface area contributed by atoms with Gasteiger partial charge in [0, 0.05) is 0 Å². The van der Waals surface area contributed by atoms with Crippen molar-refractivity contribution in [1.29, 1.82) is 0 Å². The molecule has 3 nitrogen and oxygen atoms in total. The lowest BCUT2D eigenvalue weighted by Gasteiger charge is -2.11. The number of aliphatic hydroxyl groups excluding tert-OH is 1. The van der Waals surface area contributed by atoms with Gasteiger partial charge in [-0.05, 0) is 12.5 Å². The molecule has 0 aromatic carbocycles. The Hall–Kier alpha value is -1.09. The quantitative estimate of drug-likeness (QED) is 0.441. The first-order valence-electron chi connectivity index (χ1n) is 3.39. The van der Waals surface area contributed by atoms with Crippen LogP contribution in [0.5, 0.6) is 0 Å². The lowest BCUT2D eigenvalue weighted by molar-refractivity contribution is -0.117. The summed E-state index contributed by atoms with van der Waals surface area (Å²) in [6, 6.07) is -0.238. The number of nitrogens with one attached hydrogen (secondary N) is 1. The van der Waals surface area contributed by atoms with Gasteiger partial charge < -0.3 is 10.4 Å². The summed E-state index contributed by atoms with van der Waals surface area (Å²) in [5.74, 6) is -0.272. The molecule has 0 rings (SSSR count). The third-order valence-corrected chi connectivity index (χ3v) is 1.20. The average molecular weight is 155 g/mol. The van der Waals surface area contributed by atoms with Gasteiger partial charge in [-0.25, -0.2) is 0 Å². The summed E-state index contributed by atoms with van der Waals surface area (Å²) in [6.07, 6.45) is 3.38. The normalized spacial score (nSPS) is 11.7. The molecule has 0 fully saturated rings. The lowest BCUT2D eigenvalue weighted by Crippen LogP contribution is -2.35. The van der Waals surface area contributed by atoms with Crippen molar-refractivity contribution in [3.05, 3.63) is 25.3 Å². The van der Waals surface area contributed by atoms with Crippen LogP contribution in [0.1, 0.15) is 6.42 Å². The minimum Gasteiger partial charge on any atom is -0.394 e. The van der Waals surface area contributed by atoms with E-state index in [1.165, 1.54) is 6.08 Å². The molecule has 0 spiro atoms. The highest BCUT2D eigenvalue weighted by Gasteiger charge is 2.05. The summed E-state index contributed by atoms with van der Waals surface area (Å²) in [7, 11) is 0. The number of carbonyl (C=O) groups excluding carboxylic acids is 1. The van der Waals surface area contributed by atoms with Crippen LogP contribution in [-0.2, 0) is 4.79 Å². The number of carbonyl (C=O) groups is 1. The maximum absolute atomic E-state index is 10.7. The molecule has 0 radical (unpaired) electrons. The van der Waals surface area contributed by atoms with Crippen LogP contribution in [0.3, 0.4) is 0 Å². The van der Waals surface area contributed by atoms with Crippen molar-refractivity contribution in [1.82, 2.24) is 5.32 Å². The highest BCUT2D eigenvalue weighted by atomic mass is 16.3. The van der Waals surface area contributed by atoms with E-state index in [0.717, 1.165) is 0 Å². The third kappa shape index (κ3) is 4.33. The number of rotatable bonds is 5. The molecule has 0 saturated carbocycles. The van der Waals surface area contributed by atoms with Gasteiger partial charge in [0.05, 0.1) is 12.6 Å². The largest absolute Gasteiger partial charge is 0.394 e. The van der Waals surface area contributed by atoms with E-state index in [1.54, 1.807) is 6.08 Å². The third-order valence-electron chi connectivity index (χ3n) is 1.20. The molecule has 1 atom stereocenters. The van der Waals surface area contributed by atoms with Crippen molar-refractivity contribution in [2.75, 3.05) is 6.61 Å². The molecule has 0 aromatic rings. The van der Waals surface area contributed by atoms with Gasteiger partial charge >= 0.3 is 0 Å². The molecule has 1 unspecified atom stereocenters.